The molecule has 0 radical (unpaired) electrons. The molecule has 0 saturated carbocycles. The van der Waals surface area contributed by atoms with Crippen LogP contribution in [-0.4, -0.2) is 10.1 Å². The highest BCUT2D eigenvalue weighted by molar-refractivity contribution is 9.11. The van der Waals surface area contributed by atoms with E-state index < -0.39 is 12.5 Å². The third kappa shape index (κ3) is 3.58. The first-order valence-corrected chi connectivity index (χ1v) is 9.60. The van der Waals surface area contributed by atoms with E-state index in [2.05, 4.69) is 36.8 Å². The molecule has 112 valence electrons. The van der Waals surface area contributed by atoms with Crippen LogP contribution >= 0.6 is 39.2 Å². The van der Waals surface area contributed by atoms with Crippen LogP contribution in [0.25, 0.3) is 0 Å². The smallest absolute Gasteiger partial charge is 0.282 e. The second kappa shape index (κ2) is 6.23. The van der Waals surface area contributed by atoms with Gasteiger partial charge in [0.05, 0.1) is 14.9 Å². The van der Waals surface area contributed by atoms with Crippen LogP contribution in [0.1, 0.15) is 20.8 Å². The van der Waals surface area contributed by atoms with Gasteiger partial charge in [-0.3, -0.25) is 9.55 Å². The molecule has 0 saturated heterocycles. The molecule has 1 aromatic heterocycles. The van der Waals surface area contributed by atoms with Gasteiger partial charge in [-0.1, -0.05) is 15.9 Å². The topological polar surface area (TPSA) is 39.2 Å². The van der Waals surface area contributed by atoms with E-state index in [1.54, 1.807) is 30.6 Å². The number of hydrogen-bond donors (Lipinski definition) is 0. The van der Waals surface area contributed by atoms with E-state index >= 15 is 0 Å². The van der Waals surface area contributed by atoms with Crippen molar-refractivity contribution in [1.82, 2.24) is 4.98 Å². The summed E-state index contributed by atoms with van der Waals surface area (Å²) < 4.78 is 21.2. The summed E-state index contributed by atoms with van der Waals surface area (Å²) in [7, 11) is -3.10. The quantitative estimate of drug-likeness (QED) is 0.610. The number of rotatable bonds is 3. The second-order valence-corrected chi connectivity index (χ2v) is 10.5. The van der Waals surface area contributed by atoms with Crippen molar-refractivity contribution < 1.29 is 9.09 Å². The Bertz CT molecular complexity index is 684. The van der Waals surface area contributed by atoms with Gasteiger partial charge in [-0.2, -0.15) is 0 Å². The molecule has 6 heteroatoms. The Hall–Kier alpha value is -0.640. The molecular weight excluding hydrogens is 417 g/mol. The van der Waals surface area contributed by atoms with Gasteiger partial charge in [0.25, 0.3) is 7.37 Å². The summed E-state index contributed by atoms with van der Waals surface area (Å²) in [5.41, 5.74) is 0. The lowest BCUT2D eigenvalue weighted by molar-refractivity contribution is 0.460. The monoisotopic (exact) mass is 431 g/mol. The minimum atomic E-state index is -3.10. The van der Waals surface area contributed by atoms with Gasteiger partial charge >= 0.3 is 0 Å². The molecule has 0 bridgehead atoms. The third-order valence-corrected chi connectivity index (χ3v) is 7.32. The van der Waals surface area contributed by atoms with Gasteiger partial charge in [-0.25, -0.2) is 0 Å². The standard InChI is InChI=1S/C15H16Br2NO2P/c1-15(2,3)21(19,12-6-8-18-9-7-12)20-14-5-4-11(16)10-13(14)17/h4-10H,1-3H3/t21-/m0/s1. The van der Waals surface area contributed by atoms with Crippen LogP contribution in [0, 0.1) is 0 Å². The summed E-state index contributed by atoms with van der Waals surface area (Å²) in [6.45, 7) is 5.75. The van der Waals surface area contributed by atoms with Crippen LogP contribution in [-0.2, 0) is 4.57 Å². The van der Waals surface area contributed by atoms with Crippen molar-refractivity contribution in [3.05, 3.63) is 51.7 Å². The van der Waals surface area contributed by atoms with Crippen molar-refractivity contribution in [2.45, 2.75) is 25.9 Å². The van der Waals surface area contributed by atoms with Crippen molar-refractivity contribution in [2.75, 3.05) is 0 Å². The highest BCUT2D eigenvalue weighted by Crippen LogP contribution is 2.58. The van der Waals surface area contributed by atoms with Gasteiger partial charge in [0.1, 0.15) is 5.75 Å². The molecule has 1 atom stereocenters. The first-order valence-electron chi connectivity index (χ1n) is 6.39. The van der Waals surface area contributed by atoms with Gasteiger partial charge in [-0.05, 0) is 67.0 Å². The van der Waals surface area contributed by atoms with E-state index in [9.17, 15) is 4.57 Å². The second-order valence-electron chi connectivity index (χ2n) is 5.59. The summed E-state index contributed by atoms with van der Waals surface area (Å²) >= 11 is 6.85. The number of aromatic nitrogens is 1. The molecule has 21 heavy (non-hydrogen) atoms. The average molecular weight is 433 g/mol. The molecule has 0 unspecified atom stereocenters. The zero-order chi connectivity index (χ0) is 15.7. The van der Waals surface area contributed by atoms with E-state index in [4.69, 9.17) is 4.52 Å². The fourth-order valence-corrected chi connectivity index (χ4v) is 5.17. The summed E-state index contributed by atoms with van der Waals surface area (Å²) in [6, 6.07) is 9.03. The van der Waals surface area contributed by atoms with Gasteiger partial charge in [0, 0.05) is 16.9 Å². The lowest BCUT2D eigenvalue weighted by Gasteiger charge is -2.31. The maximum Gasteiger partial charge on any atom is 0.282 e. The van der Waals surface area contributed by atoms with Crippen molar-refractivity contribution in [2.24, 2.45) is 0 Å². The summed E-state index contributed by atoms with van der Waals surface area (Å²) in [5.74, 6) is 0.563. The molecule has 0 amide bonds. The van der Waals surface area contributed by atoms with E-state index in [1.807, 2.05) is 32.9 Å². The fraction of sp³-hybridized carbons (Fsp3) is 0.267. The van der Waals surface area contributed by atoms with Crippen molar-refractivity contribution >= 4 is 44.5 Å². The van der Waals surface area contributed by atoms with Gasteiger partial charge in [0.15, 0.2) is 0 Å². The zero-order valence-electron chi connectivity index (χ0n) is 12.0. The molecule has 0 aliphatic heterocycles. The Morgan fingerprint density at radius 1 is 1.10 bits per heavy atom. The summed E-state index contributed by atoms with van der Waals surface area (Å²) in [6.07, 6.45) is 3.27. The minimum Gasteiger partial charge on any atom is -0.438 e. The van der Waals surface area contributed by atoms with Crippen molar-refractivity contribution in [3.63, 3.8) is 0 Å². The SMILES string of the molecule is CC(C)(C)[P@@](=O)(Oc1ccc(Br)cc1Br)c1ccncc1. The van der Waals surface area contributed by atoms with Crippen LogP contribution in [0.5, 0.6) is 5.75 Å². The Labute approximate surface area is 141 Å². The minimum absolute atomic E-state index is 0.527. The number of nitrogens with zero attached hydrogens (tertiary/aromatic N) is 1. The maximum absolute atomic E-state index is 13.6. The first kappa shape index (κ1) is 16.7. The highest BCUT2D eigenvalue weighted by atomic mass is 79.9. The average Bonchev–Trinajstić information content (AvgIpc) is 2.41. The van der Waals surface area contributed by atoms with E-state index in [0.29, 0.717) is 11.1 Å². The molecule has 0 fully saturated rings. The number of pyridine rings is 1. The Balaban J connectivity index is 2.50. The molecule has 0 N–H and O–H groups in total. The fourth-order valence-electron chi connectivity index (χ4n) is 1.80. The van der Waals surface area contributed by atoms with Crippen LogP contribution < -0.4 is 9.83 Å². The predicted octanol–water partition coefficient (Wildman–Crippen LogP) is 5.39. The van der Waals surface area contributed by atoms with Crippen molar-refractivity contribution in [3.8, 4) is 5.75 Å². The van der Waals surface area contributed by atoms with E-state index in [1.165, 1.54) is 0 Å². The Morgan fingerprint density at radius 2 is 1.71 bits per heavy atom. The first-order chi connectivity index (χ1) is 9.74. The van der Waals surface area contributed by atoms with E-state index in [-0.39, 0.29) is 0 Å². The number of halogens is 2. The van der Waals surface area contributed by atoms with Gasteiger partial charge in [-0.15, -0.1) is 0 Å². The largest absolute Gasteiger partial charge is 0.438 e. The van der Waals surface area contributed by atoms with E-state index in [0.717, 1.165) is 8.95 Å². The summed E-state index contributed by atoms with van der Waals surface area (Å²) in [4.78, 5) is 3.99. The van der Waals surface area contributed by atoms with Gasteiger partial charge < -0.3 is 4.52 Å². The molecular formula is C15H16Br2NO2P. The molecule has 0 aliphatic rings. The van der Waals surface area contributed by atoms with Gasteiger partial charge in [0.2, 0.25) is 0 Å². The molecule has 1 aromatic carbocycles. The Kier molecular flexibility index (Phi) is 4.96. The third-order valence-electron chi connectivity index (χ3n) is 3.01. The van der Waals surface area contributed by atoms with Crippen LogP contribution in [0.15, 0.2) is 51.7 Å². The summed E-state index contributed by atoms with van der Waals surface area (Å²) in [5, 5.41) is 0.140. The van der Waals surface area contributed by atoms with Crippen LogP contribution in [0.2, 0.25) is 0 Å². The molecule has 1 heterocycles. The molecule has 2 rings (SSSR count). The normalized spacial score (nSPS) is 14.5. The molecule has 0 aliphatic carbocycles. The molecule has 2 aromatic rings. The predicted molar refractivity (Wildman–Crippen MR) is 93.7 cm³/mol. The molecule has 3 nitrogen and oxygen atoms in total. The van der Waals surface area contributed by atoms with Crippen LogP contribution in [0.4, 0.5) is 0 Å². The number of hydrogen-bond acceptors (Lipinski definition) is 3. The van der Waals surface area contributed by atoms with Crippen LogP contribution in [0.3, 0.4) is 0 Å². The Morgan fingerprint density at radius 3 is 2.24 bits per heavy atom. The zero-order valence-corrected chi connectivity index (χ0v) is 16.1. The van der Waals surface area contributed by atoms with Crippen molar-refractivity contribution in [1.29, 1.82) is 0 Å². The lowest BCUT2D eigenvalue weighted by atomic mass is 10.3. The number of benzene rings is 1. The molecule has 0 spiro atoms. The maximum atomic E-state index is 13.6. The highest BCUT2D eigenvalue weighted by Gasteiger charge is 2.41. The lowest BCUT2D eigenvalue weighted by Crippen LogP contribution is -2.26.